The van der Waals surface area contributed by atoms with Gasteiger partial charge in [-0.2, -0.15) is 0 Å². The van der Waals surface area contributed by atoms with Gasteiger partial charge in [0.2, 0.25) is 5.91 Å². The molecular formula is C11H19N3O. The van der Waals surface area contributed by atoms with Crippen molar-refractivity contribution >= 4 is 11.6 Å². The van der Waals surface area contributed by atoms with Crippen molar-refractivity contribution in [3.63, 3.8) is 0 Å². The van der Waals surface area contributed by atoms with Gasteiger partial charge in [-0.25, -0.2) is 0 Å². The molecule has 3 N–H and O–H groups in total. The van der Waals surface area contributed by atoms with Gasteiger partial charge in [0.15, 0.2) is 0 Å². The summed E-state index contributed by atoms with van der Waals surface area (Å²) >= 11 is 0. The Bertz CT molecular complexity index is 317. The first-order chi connectivity index (χ1) is 6.96. The van der Waals surface area contributed by atoms with E-state index in [1.54, 1.807) is 24.3 Å². The molecule has 1 rings (SSSR count). The van der Waals surface area contributed by atoms with Gasteiger partial charge in [0, 0.05) is 25.9 Å². The molecule has 1 aromatic rings. The van der Waals surface area contributed by atoms with Crippen molar-refractivity contribution in [1.29, 1.82) is 0 Å². The molecule has 0 bridgehead atoms. The number of amides is 1. The monoisotopic (exact) mass is 209 g/mol. The summed E-state index contributed by atoms with van der Waals surface area (Å²) in [4.78, 5) is 16.4. The maximum Gasteiger partial charge on any atom is 0.227 e. The lowest BCUT2D eigenvalue weighted by atomic mass is 9.89. The Hall–Kier alpha value is -1.29. The van der Waals surface area contributed by atoms with Crippen LogP contribution in [0.25, 0.3) is 0 Å². The number of carbonyl (C=O) groups is 1. The Kier molecular flexibility index (Phi) is 3.52. The molecule has 4 heteroatoms. The van der Waals surface area contributed by atoms with E-state index < -0.39 is 0 Å². The number of hydrogen-bond acceptors (Lipinski definition) is 2. The lowest BCUT2D eigenvalue weighted by molar-refractivity contribution is -0.120. The number of aromatic nitrogens is 1. The van der Waals surface area contributed by atoms with Crippen molar-refractivity contribution in [2.45, 2.75) is 20.3 Å². The highest BCUT2D eigenvalue weighted by atomic mass is 16.2. The van der Waals surface area contributed by atoms with Gasteiger partial charge in [-0.1, -0.05) is 13.8 Å². The third kappa shape index (κ3) is 3.09. The van der Waals surface area contributed by atoms with Crippen LogP contribution in [-0.2, 0) is 4.79 Å². The molecule has 0 unspecified atom stereocenters. The molecule has 1 aromatic heterocycles. The minimum atomic E-state index is -0.137. The minimum absolute atomic E-state index is 0.0880. The van der Waals surface area contributed by atoms with Gasteiger partial charge >= 0.3 is 0 Å². The van der Waals surface area contributed by atoms with Crippen molar-refractivity contribution in [2.24, 2.45) is 11.1 Å². The summed E-state index contributed by atoms with van der Waals surface area (Å²) in [6.07, 6.45) is 4.06. The SMILES string of the molecule is CN(C(=O)CC(C)(C)CN)c1cc[nH]c1. The Morgan fingerprint density at radius 1 is 1.60 bits per heavy atom. The largest absolute Gasteiger partial charge is 0.366 e. The highest BCUT2D eigenvalue weighted by Gasteiger charge is 2.22. The third-order valence-corrected chi connectivity index (χ3v) is 2.53. The number of anilines is 1. The fraction of sp³-hybridized carbons (Fsp3) is 0.545. The number of nitrogens with two attached hydrogens (primary N) is 1. The molecule has 0 aliphatic heterocycles. The number of aromatic amines is 1. The van der Waals surface area contributed by atoms with Crippen molar-refractivity contribution < 1.29 is 4.79 Å². The van der Waals surface area contributed by atoms with Crippen LogP contribution >= 0.6 is 0 Å². The molecule has 0 saturated heterocycles. The fourth-order valence-electron chi connectivity index (χ4n) is 1.27. The lowest BCUT2D eigenvalue weighted by Gasteiger charge is -2.24. The van der Waals surface area contributed by atoms with Crippen LogP contribution < -0.4 is 10.6 Å². The summed E-state index contributed by atoms with van der Waals surface area (Å²) in [6.45, 7) is 4.51. The van der Waals surface area contributed by atoms with Gasteiger partial charge in [0.1, 0.15) is 0 Å². The molecule has 0 saturated carbocycles. The number of carbonyl (C=O) groups excluding carboxylic acids is 1. The van der Waals surface area contributed by atoms with E-state index >= 15 is 0 Å². The van der Waals surface area contributed by atoms with Crippen LogP contribution in [0.1, 0.15) is 20.3 Å². The van der Waals surface area contributed by atoms with E-state index in [2.05, 4.69) is 4.98 Å². The normalized spacial score (nSPS) is 11.5. The highest BCUT2D eigenvalue weighted by Crippen LogP contribution is 2.21. The summed E-state index contributed by atoms with van der Waals surface area (Å²) in [5, 5.41) is 0. The first-order valence-electron chi connectivity index (χ1n) is 5.06. The number of nitrogens with zero attached hydrogens (tertiary/aromatic N) is 1. The zero-order valence-electron chi connectivity index (χ0n) is 9.58. The topological polar surface area (TPSA) is 62.1 Å². The van der Waals surface area contributed by atoms with Gasteiger partial charge in [0.05, 0.1) is 5.69 Å². The zero-order chi connectivity index (χ0) is 11.5. The summed E-state index contributed by atoms with van der Waals surface area (Å²) in [7, 11) is 1.78. The molecule has 0 atom stereocenters. The van der Waals surface area contributed by atoms with Gasteiger partial charge in [0.25, 0.3) is 0 Å². The van der Waals surface area contributed by atoms with E-state index in [0.29, 0.717) is 13.0 Å². The second-order valence-electron chi connectivity index (χ2n) is 4.57. The molecule has 0 fully saturated rings. The quantitative estimate of drug-likeness (QED) is 0.786. The van der Waals surface area contributed by atoms with E-state index in [0.717, 1.165) is 5.69 Å². The molecule has 0 aliphatic carbocycles. The van der Waals surface area contributed by atoms with Crippen LogP contribution in [0.2, 0.25) is 0 Å². The van der Waals surface area contributed by atoms with Crippen LogP contribution in [0.4, 0.5) is 5.69 Å². The summed E-state index contributed by atoms with van der Waals surface area (Å²) in [6, 6.07) is 1.87. The van der Waals surface area contributed by atoms with E-state index in [1.165, 1.54) is 0 Å². The predicted molar refractivity (Wildman–Crippen MR) is 61.7 cm³/mol. The Labute approximate surface area is 90.5 Å². The molecule has 0 aromatic carbocycles. The van der Waals surface area contributed by atoms with E-state index in [4.69, 9.17) is 5.73 Å². The van der Waals surface area contributed by atoms with Crippen LogP contribution in [0.5, 0.6) is 0 Å². The number of H-pyrrole nitrogens is 1. The second-order valence-corrected chi connectivity index (χ2v) is 4.57. The van der Waals surface area contributed by atoms with Gasteiger partial charge < -0.3 is 15.6 Å². The van der Waals surface area contributed by atoms with Crippen molar-refractivity contribution in [1.82, 2.24) is 4.98 Å². The van der Waals surface area contributed by atoms with E-state index in [9.17, 15) is 4.79 Å². The molecule has 15 heavy (non-hydrogen) atoms. The van der Waals surface area contributed by atoms with Crippen molar-refractivity contribution in [3.05, 3.63) is 18.5 Å². The van der Waals surface area contributed by atoms with Gasteiger partial charge in [-0.05, 0) is 18.0 Å². The summed E-state index contributed by atoms with van der Waals surface area (Å²) < 4.78 is 0. The zero-order valence-corrected chi connectivity index (χ0v) is 9.58. The molecule has 84 valence electrons. The Morgan fingerprint density at radius 3 is 2.73 bits per heavy atom. The maximum atomic E-state index is 11.9. The van der Waals surface area contributed by atoms with Crippen LogP contribution in [-0.4, -0.2) is 24.5 Å². The average Bonchev–Trinajstić information content (AvgIpc) is 2.68. The van der Waals surface area contributed by atoms with E-state index in [-0.39, 0.29) is 11.3 Å². The van der Waals surface area contributed by atoms with Crippen LogP contribution in [0.3, 0.4) is 0 Å². The predicted octanol–water partition coefficient (Wildman–Crippen LogP) is 1.35. The minimum Gasteiger partial charge on any atom is -0.366 e. The molecular weight excluding hydrogens is 190 g/mol. The van der Waals surface area contributed by atoms with Crippen molar-refractivity contribution in [3.8, 4) is 0 Å². The number of nitrogens with one attached hydrogen (secondary N) is 1. The first-order valence-corrected chi connectivity index (χ1v) is 5.06. The maximum absolute atomic E-state index is 11.9. The molecule has 0 aliphatic rings. The standard InChI is InChI=1S/C11H19N3O/c1-11(2,8-12)6-10(15)14(3)9-4-5-13-7-9/h4-5,7,13H,6,8,12H2,1-3H3. The lowest BCUT2D eigenvalue weighted by Crippen LogP contribution is -2.34. The number of rotatable bonds is 4. The molecule has 0 radical (unpaired) electrons. The number of hydrogen-bond donors (Lipinski definition) is 2. The fourth-order valence-corrected chi connectivity index (χ4v) is 1.27. The molecule has 4 nitrogen and oxygen atoms in total. The first kappa shape index (κ1) is 11.8. The molecule has 1 amide bonds. The van der Waals surface area contributed by atoms with E-state index in [1.807, 2.05) is 19.9 Å². The van der Waals surface area contributed by atoms with Gasteiger partial charge in [-0.3, -0.25) is 4.79 Å². The Morgan fingerprint density at radius 2 is 2.27 bits per heavy atom. The van der Waals surface area contributed by atoms with Gasteiger partial charge in [-0.15, -0.1) is 0 Å². The smallest absolute Gasteiger partial charge is 0.227 e. The second kappa shape index (κ2) is 4.49. The van der Waals surface area contributed by atoms with Crippen LogP contribution in [0, 0.1) is 5.41 Å². The summed E-state index contributed by atoms with van der Waals surface area (Å²) in [5.74, 6) is 0.0880. The highest BCUT2D eigenvalue weighted by molar-refractivity contribution is 5.93. The van der Waals surface area contributed by atoms with Crippen molar-refractivity contribution in [2.75, 3.05) is 18.5 Å². The third-order valence-electron chi connectivity index (χ3n) is 2.53. The molecule has 0 spiro atoms. The average molecular weight is 209 g/mol. The Balaban J connectivity index is 2.62. The molecule has 1 heterocycles. The van der Waals surface area contributed by atoms with Crippen LogP contribution in [0.15, 0.2) is 18.5 Å². The summed E-state index contributed by atoms with van der Waals surface area (Å²) in [5.41, 5.74) is 6.34.